The van der Waals surface area contributed by atoms with Gasteiger partial charge in [-0.05, 0) is 30.9 Å². The van der Waals surface area contributed by atoms with Gasteiger partial charge in [-0.2, -0.15) is 5.10 Å². The zero-order chi connectivity index (χ0) is 15.8. The Kier molecular flexibility index (Phi) is 8.68. The summed E-state index contributed by atoms with van der Waals surface area (Å²) in [5, 5.41) is 10.9. The van der Waals surface area contributed by atoms with E-state index >= 15 is 0 Å². The number of nitrogens with one attached hydrogen (secondary N) is 2. The average molecular weight is 427 g/mol. The molecule has 1 aromatic heterocycles. The van der Waals surface area contributed by atoms with Crippen LogP contribution < -0.4 is 10.6 Å². The highest BCUT2D eigenvalue weighted by molar-refractivity contribution is 14.0. The Morgan fingerprint density at radius 1 is 1.30 bits per heavy atom. The van der Waals surface area contributed by atoms with Crippen LogP contribution >= 0.6 is 24.0 Å². The molecule has 0 saturated carbocycles. The molecule has 2 rings (SSSR count). The minimum atomic E-state index is 0. The summed E-state index contributed by atoms with van der Waals surface area (Å²) in [6.07, 6.45) is 6.05. The Labute approximate surface area is 155 Å². The van der Waals surface area contributed by atoms with E-state index in [4.69, 9.17) is 0 Å². The highest BCUT2D eigenvalue weighted by Gasteiger charge is 2.06. The SMILES string of the molecule is CN=C(NCCCc1cnn(C)c1)NC(C)c1ccccc1.I. The zero-order valence-corrected chi connectivity index (χ0v) is 16.3. The van der Waals surface area contributed by atoms with E-state index in [1.54, 1.807) is 7.05 Å². The van der Waals surface area contributed by atoms with Gasteiger partial charge in [-0.1, -0.05) is 30.3 Å². The maximum atomic E-state index is 4.28. The van der Waals surface area contributed by atoms with Crippen molar-refractivity contribution in [3.8, 4) is 0 Å². The first-order valence-corrected chi connectivity index (χ1v) is 7.68. The lowest BCUT2D eigenvalue weighted by molar-refractivity contribution is 0.674. The Bertz CT molecular complexity index is 594. The van der Waals surface area contributed by atoms with Crippen LogP contribution in [0.15, 0.2) is 47.7 Å². The Balaban J connectivity index is 0.00000264. The van der Waals surface area contributed by atoms with Crippen LogP contribution in [-0.4, -0.2) is 29.3 Å². The summed E-state index contributed by atoms with van der Waals surface area (Å²) >= 11 is 0. The van der Waals surface area contributed by atoms with Gasteiger partial charge < -0.3 is 10.6 Å². The van der Waals surface area contributed by atoms with Crippen LogP contribution in [0, 0.1) is 0 Å². The molecule has 0 radical (unpaired) electrons. The molecule has 0 aliphatic heterocycles. The van der Waals surface area contributed by atoms with Crippen molar-refractivity contribution in [1.82, 2.24) is 20.4 Å². The molecule has 0 spiro atoms. The molecule has 1 atom stereocenters. The van der Waals surface area contributed by atoms with Crippen molar-refractivity contribution in [2.45, 2.75) is 25.8 Å². The normalized spacial score (nSPS) is 12.4. The van der Waals surface area contributed by atoms with Gasteiger partial charge in [0.25, 0.3) is 0 Å². The van der Waals surface area contributed by atoms with Crippen LogP contribution in [0.25, 0.3) is 0 Å². The highest BCUT2D eigenvalue weighted by atomic mass is 127. The summed E-state index contributed by atoms with van der Waals surface area (Å²) in [6.45, 7) is 3.02. The van der Waals surface area contributed by atoms with Crippen LogP contribution in [-0.2, 0) is 13.5 Å². The monoisotopic (exact) mass is 427 g/mol. The predicted molar refractivity (Wildman–Crippen MR) is 106 cm³/mol. The molecule has 0 amide bonds. The van der Waals surface area contributed by atoms with Gasteiger partial charge >= 0.3 is 0 Å². The van der Waals surface area contributed by atoms with Crippen molar-refractivity contribution in [2.75, 3.05) is 13.6 Å². The largest absolute Gasteiger partial charge is 0.356 e. The predicted octanol–water partition coefficient (Wildman–Crippen LogP) is 2.90. The van der Waals surface area contributed by atoms with E-state index in [0.29, 0.717) is 0 Å². The molecule has 2 aromatic rings. The van der Waals surface area contributed by atoms with Gasteiger partial charge in [0.1, 0.15) is 0 Å². The summed E-state index contributed by atoms with van der Waals surface area (Å²) in [4.78, 5) is 4.28. The van der Waals surface area contributed by atoms with Gasteiger partial charge in [0.2, 0.25) is 0 Å². The van der Waals surface area contributed by atoms with E-state index in [-0.39, 0.29) is 30.0 Å². The minimum absolute atomic E-state index is 0. The summed E-state index contributed by atoms with van der Waals surface area (Å²) in [7, 11) is 3.74. The van der Waals surface area contributed by atoms with Crippen LogP contribution in [0.2, 0.25) is 0 Å². The first-order valence-electron chi connectivity index (χ1n) is 7.68. The Hall–Kier alpha value is -1.57. The third-order valence-electron chi connectivity index (χ3n) is 3.57. The first-order chi connectivity index (χ1) is 10.7. The topological polar surface area (TPSA) is 54.2 Å². The first kappa shape index (κ1) is 19.5. The van der Waals surface area contributed by atoms with Gasteiger partial charge in [-0.3, -0.25) is 9.67 Å². The Morgan fingerprint density at radius 2 is 2.04 bits per heavy atom. The number of hydrogen-bond acceptors (Lipinski definition) is 2. The van der Waals surface area contributed by atoms with Crippen molar-refractivity contribution >= 4 is 29.9 Å². The molecule has 2 N–H and O–H groups in total. The Morgan fingerprint density at radius 3 is 2.65 bits per heavy atom. The molecule has 6 heteroatoms. The van der Waals surface area contributed by atoms with E-state index in [9.17, 15) is 0 Å². The number of hydrogen-bond donors (Lipinski definition) is 2. The lowest BCUT2D eigenvalue weighted by Crippen LogP contribution is -2.39. The third kappa shape index (κ3) is 6.60. The molecule has 0 aliphatic rings. The standard InChI is InChI=1S/C17H25N5.HI/c1-14(16-9-5-4-6-10-16)21-17(18-2)19-11-7-8-15-12-20-22(3)13-15;/h4-6,9-10,12-14H,7-8,11H2,1-3H3,(H2,18,19,21);1H. The second-order valence-electron chi connectivity index (χ2n) is 5.40. The molecule has 23 heavy (non-hydrogen) atoms. The lowest BCUT2D eigenvalue weighted by atomic mass is 10.1. The number of aromatic nitrogens is 2. The summed E-state index contributed by atoms with van der Waals surface area (Å²) in [5.41, 5.74) is 2.52. The van der Waals surface area contributed by atoms with E-state index in [1.807, 2.05) is 24.0 Å². The fourth-order valence-corrected chi connectivity index (χ4v) is 2.33. The molecule has 1 unspecified atom stereocenters. The van der Waals surface area contributed by atoms with E-state index in [1.165, 1.54) is 11.1 Å². The molecule has 1 aromatic carbocycles. The van der Waals surface area contributed by atoms with Crippen molar-refractivity contribution in [3.63, 3.8) is 0 Å². The van der Waals surface area contributed by atoms with Crippen molar-refractivity contribution in [1.29, 1.82) is 0 Å². The van der Waals surface area contributed by atoms with Gasteiger partial charge in [-0.15, -0.1) is 24.0 Å². The molecular weight excluding hydrogens is 401 g/mol. The fraction of sp³-hybridized carbons (Fsp3) is 0.412. The minimum Gasteiger partial charge on any atom is -0.356 e. The quantitative estimate of drug-likeness (QED) is 0.323. The summed E-state index contributed by atoms with van der Waals surface area (Å²) < 4.78 is 1.84. The third-order valence-corrected chi connectivity index (χ3v) is 3.57. The van der Waals surface area contributed by atoms with Crippen molar-refractivity contribution in [2.24, 2.45) is 12.0 Å². The number of aliphatic imine (C=N–C) groups is 1. The molecule has 0 bridgehead atoms. The molecule has 0 aliphatic carbocycles. The van der Waals surface area contributed by atoms with Gasteiger partial charge in [-0.25, -0.2) is 0 Å². The van der Waals surface area contributed by atoms with Crippen LogP contribution in [0.4, 0.5) is 0 Å². The molecule has 0 fully saturated rings. The maximum absolute atomic E-state index is 4.28. The van der Waals surface area contributed by atoms with Gasteiger partial charge in [0.05, 0.1) is 12.2 Å². The highest BCUT2D eigenvalue weighted by Crippen LogP contribution is 2.10. The maximum Gasteiger partial charge on any atom is 0.191 e. The van der Waals surface area contributed by atoms with Gasteiger partial charge in [0.15, 0.2) is 5.96 Å². The number of aryl methyl sites for hydroxylation is 2. The van der Waals surface area contributed by atoms with Crippen molar-refractivity contribution < 1.29 is 0 Å². The molecule has 0 saturated heterocycles. The number of nitrogens with zero attached hydrogens (tertiary/aromatic N) is 3. The van der Waals surface area contributed by atoms with Gasteiger partial charge in [0, 0.05) is 26.8 Å². The number of benzene rings is 1. The second kappa shape index (κ2) is 10.3. The number of guanidine groups is 1. The number of halogens is 1. The smallest absolute Gasteiger partial charge is 0.191 e. The van der Waals surface area contributed by atoms with E-state index in [2.05, 4.69) is 58.1 Å². The van der Waals surface area contributed by atoms with E-state index in [0.717, 1.165) is 25.3 Å². The zero-order valence-electron chi connectivity index (χ0n) is 14.0. The van der Waals surface area contributed by atoms with Crippen LogP contribution in [0.5, 0.6) is 0 Å². The number of rotatable bonds is 6. The van der Waals surface area contributed by atoms with Crippen LogP contribution in [0.1, 0.15) is 30.5 Å². The fourth-order valence-electron chi connectivity index (χ4n) is 2.33. The summed E-state index contributed by atoms with van der Waals surface area (Å²) in [6, 6.07) is 10.6. The molecule has 1 heterocycles. The second-order valence-corrected chi connectivity index (χ2v) is 5.40. The molecule has 126 valence electrons. The van der Waals surface area contributed by atoms with E-state index < -0.39 is 0 Å². The molecule has 5 nitrogen and oxygen atoms in total. The summed E-state index contributed by atoms with van der Waals surface area (Å²) in [5.74, 6) is 0.836. The lowest BCUT2D eigenvalue weighted by Gasteiger charge is -2.18. The van der Waals surface area contributed by atoms with Crippen molar-refractivity contribution in [3.05, 3.63) is 53.9 Å². The van der Waals surface area contributed by atoms with Crippen LogP contribution in [0.3, 0.4) is 0 Å². The molecular formula is C17H26IN5. The average Bonchev–Trinajstić information content (AvgIpc) is 2.96.